The van der Waals surface area contributed by atoms with Gasteiger partial charge in [0.1, 0.15) is 0 Å². The fraction of sp³-hybridized carbons (Fsp3) is 0.118. The average Bonchev–Trinajstić information content (AvgIpc) is 3.00. The first-order valence-electron chi connectivity index (χ1n) is 13.4. The molecule has 5 aromatic rings. The van der Waals surface area contributed by atoms with E-state index in [9.17, 15) is 35.9 Å². The van der Waals surface area contributed by atoms with Crippen LogP contribution in [-0.4, -0.2) is 12.3 Å². The Hall–Kier alpha value is -5.12. The van der Waals surface area contributed by atoms with Crippen molar-refractivity contribution >= 4 is 40.2 Å². The quantitative estimate of drug-likeness (QED) is 0.141. The van der Waals surface area contributed by atoms with Gasteiger partial charge in [-0.2, -0.15) is 26.3 Å². The Bertz CT molecular complexity index is 1830. The molecule has 0 aliphatic carbocycles. The van der Waals surface area contributed by atoms with Gasteiger partial charge in [-0.25, -0.2) is 0 Å². The van der Waals surface area contributed by atoms with E-state index in [2.05, 4.69) is 5.32 Å². The molecule has 0 fully saturated rings. The third-order valence-corrected chi connectivity index (χ3v) is 7.04. The second-order valence-electron chi connectivity index (χ2n) is 10.1. The van der Waals surface area contributed by atoms with Crippen LogP contribution >= 0.6 is 0 Å². The molecule has 4 nitrogen and oxygen atoms in total. The van der Waals surface area contributed by atoms with Crippen molar-refractivity contribution in [2.24, 2.45) is 0 Å². The lowest BCUT2D eigenvalue weighted by molar-refractivity contribution is -0.138. The number of fused-ring (bicyclic) bond motifs is 1. The van der Waals surface area contributed by atoms with Gasteiger partial charge in [-0.15, -0.1) is 0 Å². The van der Waals surface area contributed by atoms with Crippen LogP contribution in [0.3, 0.4) is 0 Å². The molecule has 1 N–H and O–H groups in total. The summed E-state index contributed by atoms with van der Waals surface area (Å²) in [5, 5.41) is 4.55. The molecule has 0 atom stereocenters. The maximum atomic E-state index is 13.4. The molecule has 0 bridgehead atoms. The number of amides is 2. The van der Waals surface area contributed by atoms with Gasteiger partial charge in [0.25, 0.3) is 5.91 Å². The summed E-state index contributed by atoms with van der Waals surface area (Å²) >= 11 is 0. The third kappa shape index (κ3) is 7.08. The van der Waals surface area contributed by atoms with Gasteiger partial charge in [0.2, 0.25) is 6.41 Å². The molecule has 0 saturated carbocycles. The number of nitrogens with one attached hydrogen (secondary N) is 1. The Kier molecular flexibility index (Phi) is 8.44. The highest BCUT2D eigenvalue weighted by Crippen LogP contribution is 2.35. The summed E-state index contributed by atoms with van der Waals surface area (Å²) in [7, 11) is 0. The smallest absolute Gasteiger partial charge is 0.322 e. The number of benzene rings is 5. The fourth-order valence-corrected chi connectivity index (χ4v) is 4.85. The number of alkyl halides is 6. The van der Waals surface area contributed by atoms with Gasteiger partial charge in [-0.05, 0) is 89.3 Å². The van der Waals surface area contributed by atoms with Crippen molar-refractivity contribution in [1.29, 1.82) is 0 Å². The Balaban J connectivity index is 1.50. The molecule has 0 radical (unpaired) electrons. The third-order valence-electron chi connectivity index (χ3n) is 7.04. The van der Waals surface area contributed by atoms with Crippen molar-refractivity contribution in [3.05, 3.63) is 137 Å². The van der Waals surface area contributed by atoms with E-state index in [1.54, 1.807) is 12.1 Å². The summed E-state index contributed by atoms with van der Waals surface area (Å²) in [4.78, 5) is 26.5. The zero-order chi connectivity index (χ0) is 31.5. The van der Waals surface area contributed by atoms with E-state index in [-0.39, 0.29) is 22.6 Å². The normalized spacial score (nSPS) is 11.8. The summed E-state index contributed by atoms with van der Waals surface area (Å²) in [5.74, 6) is -0.756. The number of hydrogen-bond donors (Lipinski definition) is 1. The maximum Gasteiger partial charge on any atom is 0.416 e. The number of carbonyl (C=O) groups is 2. The molecule has 224 valence electrons. The Labute approximate surface area is 248 Å². The lowest BCUT2D eigenvalue weighted by Gasteiger charge is -2.21. The fourth-order valence-electron chi connectivity index (χ4n) is 4.85. The van der Waals surface area contributed by atoms with Crippen LogP contribution in [0.4, 0.5) is 43.4 Å². The van der Waals surface area contributed by atoms with Gasteiger partial charge in [0, 0.05) is 22.6 Å². The molecular formula is C34H24F6N2O2. The van der Waals surface area contributed by atoms with Crippen LogP contribution in [0.25, 0.3) is 10.8 Å². The van der Waals surface area contributed by atoms with Crippen molar-refractivity contribution in [2.45, 2.75) is 25.2 Å². The molecule has 0 aliphatic heterocycles. The molecule has 5 rings (SSSR count). The first kappa shape index (κ1) is 30.3. The molecule has 0 spiro atoms. The van der Waals surface area contributed by atoms with Crippen molar-refractivity contribution < 1.29 is 35.9 Å². The van der Waals surface area contributed by atoms with Crippen molar-refractivity contribution in [3.63, 3.8) is 0 Å². The van der Waals surface area contributed by atoms with Crippen LogP contribution in [0, 0.1) is 0 Å². The van der Waals surface area contributed by atoms with E-state index in [1.807, 2.05) is 42.5 Å². The highest BCUT2D eigenvalue weighted by atomic mass is 19.4. The zero-order valence-corrected chi connectivity index (χ0v) is 22.9. The van der Waals surface area contributed by atoms with E-state index >= 15 is 0 Å². The van der Waals surface area contributed by atoms with Gasteiger partial charge in [-0.3, -0.25) is 14.5 Å². The van der Waals surface area contributed by atoms with Gasteiger partial charge in [0.05, 0.1) is 11.1 Å². The van der Waals surface area contributed by atoms with E-state index < -0.39 is 29.4 Å². The Morgan fingerprint density at radius 2 is 1.30 bits per heavy atom. The molecule has 0 heterocycles. The lowest BCUT2D eigenvalue weighted by Crippen LogP contribution is -2.18. The Morgan fingerprint density at radius 3 is 2.00 bits per heavy atom. The summed E-state index contributed by atoms with van der Waals surface area (Å²) in [5.41, 5.74) is -0.382. The first-order valence-corrected chi connectivity index (χ1v) is 13.4. The van der Waals surface area contributed by atoms with Crippen molar-refractivity contribution in [3.8, 4) is 0 Å². The van der Waals surface area contributed by atoms with Gasteiger partial charge >= 0.3 is 12.4 Å². The molecule has 44 heavy (non-hydrogen) atoms. The van der Waals surface area contributed by atoms with E-state index in [0.29, 0.717) is 24.8 Å². The molecule has 5 aromatic carbocycles. The summed E-state index contributed by atoms with van der Waals surface area (Å²) in [6.45, 7) is 0. The monoisotopic (exact) mass is 606 g/mol. The predicted molar refractivity (Wildman–Crippen MR) is 157 cm³/mol. The van der Waals surface area contributed by atoms with Crippen molar-refractivity contribution in [1.82, 2.24) is 0 Å². The molecule has 0 aliphatic rings. The zero-order valence-electron chi connectivity index (χ0n) is 22.9. The minimum atomic E-state index is -4.65. The van der Waals surface area contributed by atoms with Crippen LogP contribution < -0.4 is 10.2 Å². The first-order chi connectivity index (χ1) is 20.9. The second kappa shape index (κ2) is 12.2. The molecule has 0 unspecified atom stereocenters. The van der Waals surface area contributed by atoms with Gasteiger partial charge in [-0.1, -0.05) is 54.6 Å². The van der Waals surface area contributed by atoms with Crippen molar-refractivity contribution in [2.75, 3.05) is 10.2 Å². The average molecular weight is 607 g/mol. The molecule has 0 saturated heterocycles. The van der Waals surface area contributed by atoms with E-state index in [4.69, 9.17) is 0 Å². The van der Waals surface area contributed by atoms with Gasteiger partial charge in [0.15, 0.2) is 0 Å². The van der Waals surface area contributed by atoms with Crippen LogP contribution in [0.5, 0.6) is 0 Å². The minimum Gasteiger partial charge on any atom is -0.322 e. The minimum absolute atomic E-state index is 0.00671. The van der Waals surface area contributed by atoms with E-state index in [0.717, 1.165) is 51.6 Å². The number of aryl methyl sites for hydroxylation is 2. The maximum absolute atomic E-state index is 13.4. The lowest BCUT2D eigenvalue weighted by atomic mass is 9.99. The highest BCUT2D eigenvalue weighted by molar-refractivity contribution is 6.05. The number of rotatable bonds is 8. The number of nitrogens with zero attached hydrogens (tertiary/aromatic N) is 1. The topological polar surface area (TPSA) is 49.4 Å². The number of anilines is 3. The Morgan fingerprint density at radius 1 is 0.636 bits per heavy atom. The van der Waals surface area contributed by atoms with Gasteiger partial charge < -0.3 is 5.32 Å². The molecular weight excluding hydrogens is 582 g/mol. The number of hydrogen-bond acceptors (Lipinski definition) is 2. The van der Waals surface area contributed by atoms with Crippen LogP contribution in [0.2, 0.25) is 0 Å². The van der Waals surface area contributed by atoms with Crippen LogP contribution in [0.1, 0.15) is 32.6 Å². The van der Waals surface area contributed by atoms with Crippen LogP contribution in [-0.2, 0) is 30.0 Å². The molecule has 0 aromatic heterocycles. The standard InChI is InChI=1S/C34H24F6N2O2/c35-33(36,37)27-7-3-9-29(19-27)41-32(44)26-16-23(12-11-22-13-14-24-5-1-2-6-25(24)15-22)17-31(18-26)42(21-43)30-10-4-8-28(20-30)34(38,39)40/h1-10,13-21H,11-12H2,(H,41,44). The number of carbonyl (C=O) groups excluding carboxylic acids is 2. The van der Waals surface area contributed by atoms with Crippen LogP contribution in [0.15, 0.2) is 109 Å². The summed E-state index contributed by atoms with van der Waals surface area (Å²) in [6, 6.07) is 26.6. The summed E-state index contributed by atoms with van der Waals surface area (Å²) in [6.07, 6.45) is -8.00. The highest BCUT2D eigenvalue weighted by Gasteiger charge is 2.32. The predicted octanol–water partition coefficient (Wildman–Crippen LogP) is 9.21. The van der Waals surface area contributed by atoms with E-state index in [1.165, 1.54) is 24.3 Å². The second-order valence-corrected chi connectivity index (χ2v) is 10.1. The molecule has 10 heteroatoms. The SMILES string of the molecule is O=CN(c1cc(CCc2ccc3ccccc3c2)cc(C(=O)Nc2cccc(C(F)(F)F)c2)c1)c1cccc(C(F)(F)F)c1. The number of halogens is 6. The largest absolute Gasteiger partial charge is 0.416 e. The molecule has 2 amide bonds. The summed E-state index contributed by atoms with van der Waals surface area (Å²) < 4.78 is 79.9.